The Morgan fingerprint density at radius 1 is 1.47 bits per heavy atom. The molecule has 6 heteroatoms. The van der Waals surface area contributed by atoms with Gasteiger partial charge in [-0.05, 0) is 22.0 Å². The number of hydrogen-bond donors (Lipinski definition) is 2. The van der Waals surface area contributed by atoms with Gasteiger partial charge in [-0.3, -0.25) is 0 Å². The van der Waals surface area contributed by atoms with E-state index in [0.29, 0.717) is 11.7 Å². The molecule has 2 aromatic heterocycles. The van der Waals surface area contributed by atoms with Crippen molar-refractivity contribution < 1.29 is 0 Å². The number of H-pyrrole nitrogens is 1. The zero-order chi connectivity index (χ0) is 10.7. The highest BCUT2D eigenvalue weighted by Crippen LogP contribution is 2.23. The zero-order valence-corrected chi connectivity index (χ0v) is 10.0. The monoisotopic (exact) mass is 286 g/mol. The van der Waals surface area contributed by atoms with Gasteiger partial charge in [0.2, 0.25) is 0 Å². The molecule has 2 rings (SSSR count). The first-order chi connectivity index (χ1) is 7.25. The van der Waals surface area contributed by atoms with Crippen molar-refractivity contribution in [3.05, 3.63) is 40.1 Å². The lowest BCUT2D eigenvalue weighted by Crippen LogP contribution is -2.02. The molecular formula is C9H8BrClN4. The predicted molar refractivity (Wildman–Crippen MR) is 62.9 cm³/mol. The molecular weight excluding hydrogens is 279 g/mol. The summed E-state index contributed by atoms with van der Waals surface area (Å²) < 4.78 is 0.883. The Morgan fingerprint density at radius 3 is 3.07 bits per heavy atom. The molecule has 0 saturated heterocycles. The van der Waals surface area contributed by atoms with Crippen LogP contribution in [-0.4, -0.2) is 15.0 Å². The summed E-state index contributed by atoms with van der Waals surface area (Å²) in [6.45, 7) is 0.588. The van der Waals surface area contributed by atoms with Gasteiger partial charge in [-0.15, -0.1) is 0 Å². The molecule has 0 aromatic carbocycles. The van der Waals surface area contributed by atoms with Crippen molar-refractivity contribution >= 4 is 33.2 Å². The highest BCUT2D eigenvalue weighted by Gasteiger charge is 2.02. The van der Waals surface area contributed by atoms with Gasteiger partial charge >= 0.3 is 0 Å². The van der Waals surface area contributed by atoms with Gasteiger partial charge in [-0.25, -0.2) is 9.97 Å². The van der Waals surface area contributed by atoms with E-state index < -0.39 is 0 Å². The molecule has 0 radical (unpaired) electrons. The minimum Gasteiger partial charge on any atom is -0.375 e. The first-order valence-electron chi connectivity index (χ1n) is 4.29. The number of halogens is 2. The maximum Gasteiger partial charge on any atom is 0.152 e. The van der Waals surface area contributed by atoms with E-state index >= 15 is 0 Å². The van der Waals surface area contributed by atoms with E-state index in [4.69, 9.17) is 11.6 Å². The Labute approximate surface area is 100 Å². The van der Waals surface area contributed by atoms with E-state index in [-0.39, 0.29) is 0 Å². The second-order valence-electron chi connectivity index (χ2n) is 2.88. The molecule has 0 aliphatic heterocycles. The molecule has 0 saturated carbocycles. The van der Waals surface area contributed by atoms with Crippen LogP contribution in [0.3, 0.4) is 0 Å². The van der Waals surface area contributed by atoms with Crippen LogP contribution in [0.4, 0.5) is 5.69 Å². The van der Waals surface area contributed by atoms with Crippen LogP contribution >= 0.6 is 27.5 Å². The fraction of sp³-hybridized carbons (Fsp3) is 0.111. The van der Waals surface area contributed by atoms with Crippen molar-refractivity contribution in [1.29, 1.82) is 0 Å². The summed E-state index contributed by atoms with van der Waals surface area (Å²) in [6, 6.07) is 1.87. The van der Waals surface area contributed by atoms with Crippen LogP contribution in [0.15, 0.2) is 29.1 Å². The minimum atomic E-state index is 0.449. The number of aromatic amines is 1. The van der Waals surface area contributed by atoms with Crippen LogP contribution < -0.4 is 5.32 Å². The topological polar surface area (TPSA) is 53.6 Å². The highest BCUT2D eigenvalue weighted by atomic mass is 79.9. The lowest BCUT2D eigenvalue weighted by Gasteiger charge is -2.06. The molecule has 0 atom stereocenters. The van der Waals surface area contributed by atoms with Crippen LogP contribution in [0.5, 0.6) is 0 Å². The third-order valence-electron chi connectivity index (χ3n) is 1.81. The summed E-state index contributed by atoms with van der Waals surface area (Å²) in [4.78, 5) is 11.1. The average molecular weight is 288 g/mol. The SMILES string of the molecule is Clc1ncc(Br)cc1NCc1ncc[nH]1. The molecule has 0 bridgehead atoms. The molecule has 0 unspecified atom stereocenters. The molecule has 0 aliphatic carbocycles. The Kier molecular flexibility index (Phi) is 3.23. The van der Waals surface area contributed by atoms with Crippen LogP contribution in [0.2, 0.25) is 5.15 Å². The van der Waals surface area contributed by atoms with Crippen molar-refractivity contribution in [1.82, 2.24) is 15.0 Å². The summed E-state index contributed by atoms with van der Waals surface area (Å²) in [5.74, 6) is 0.853. The zero-order valence-electron chi connectivity index (χ0n) is 7.67. The lowest BCUT2D eigenvalue weighted by atomic mass is 10.4. The molecule has 15 heavy (non-hydrogen) atoms. The maximum absolute atomic E-state index is 5.91. The Balaban J connectivity index is 2.07. The number of imidazole rings is 1. The Bertz CT molecular complexity index is 443. The highest BCUT2D eigenvalue weighted by molar-refractivity contribution is 9.10. The number of nitrogens with one attached hydrogen (secondary N) is 2. The summed E-state index contributed by atoms with van der Waals surface area (Å²) in [5.41, 5.74) is 0.780. The maximum atomic E-state index is 5.91. The summed E-state index contributed by atoms with van der Waals surface area (Å²) in [5, 5.41) is 3.59. The smallest absolute Gasteiger partial charge is 0.152 e. The van der Waals surface area contributed by atoms with Gasteiger partial charge in [0.25, 0.3) is 0 Å². The van der Waals surface area contributed by atoms with Crippen LogP contribution in [0.1, 0.15) is 5.82 Å². The second-order valence-corrected chi connectivity index (χ2v) is 4.16. The quantitative estimate of drug-likeness (QED) is 0.854. The average Bonchev–Trinajstić information content (AvgIpc) is 2.72. The van der Waals surface area contributed by atoms with E-state index in [2.05, 4.69) is 36.2 Å². The lowest BCUT2D eigenvalue weighted by molar-refractivity contribution is 0.997. The first-order valence-corrected chi connectivity index (χ1v) is 5.46. The van der Waals surface area contributed by atoms with Gasteiger partial charge in [-0.1, -0.05) is 11.6 Å². The van der Waals surface area contributed by atoms with E-state index in [9.17, 15) is 0 Å². The molecule has 4 nitrogen and oxygen atoms in total. The molecule has 0 aliphatic rings. The molecule has 2 aromatic rings. The van der Waals surface area contributed by atoms with E-state index in [0.717, 1.165) is 16.0 Å². The van der Waals surface area contributed by atoms with E-state index in [1.54, 1.807) is 18.6 Å². The summed E-state index contributed by atoms with van der Waals surface area (Å²) >= 11 is 9.24. The fourth-order valence-corrected chi connectivity index (χ4v) is 1.62. The van der Waals surface area contributed by atoms with Crippen LogP contribution in [0, 0.1) is 0 Å². The van der Waals surface area contributed by atoms with Gasteiger partial charge in [-0.2, -0.15) is 0 Å². The number of hydrogen-bond acceptors (Lipinski definition) is 3. The number of rotatable bonds is 3. The van der Waals surface area contributed by atoms with Crippen molar-refractivity contribution in [3.63, 3.8) is 0 Å². The number of aromatic nitrogens is 3. The minimum absolute atomic E-state index is 0.449. The number of pyridine rings is 1. The number of nitrogens with zero attached hydrogens (tertiary/aromatic N) is 2. The molecule has 2 N–H and O–H groups in total. The third kappa shape index (κ3) is 2.70. The summed E-state index contributed by atoms with van der Waals surface area (Å²) in [7, 11) is 0. The van der Waals surface area contributed by atoms with Gasteiger partial charge in [0, 0.05) is 23.1 Å². The first kappa shape index (κ1) is 10.4. The Morgan fingerprint density at radius 2 is 2.33 bits per heavy atom. The molecule has 0 spiro atoms. The van der Waals surface area contributed by atoms with Crippen LogP contribution in [0.25, 0.3) is 0 Å². The number of anilines is 1. The van der Waals surface area contributed by atoms with Crippen molar-refractivity contribution in [2.45, 2.75) is 6.54 Å². The van der Waals surface area contributed by atoms with Crippen LogP contribution in [-0.2, 0) is 6.54 Å². The van der Waals surface area contributed by atoms with Gasteiger partial charge < -0.3 is 10.3 Å². The van der Waals surface area contributed by atoms with Gasteiger partial charge in [0.05, 0.1) is 12.2 Å². The normalized spacial score (nSPS) is 10.3. The van der Waals surface area contributed by atoms with Crippen molar-refractivity contribution in [3.8, 4) is 0 Å². The standard InChI is InChI=1S/C9H8BrClN4/c10-6-3-7(9(11)15-4-6)14-5-8-12-1-2-13-8/h1-4,14H,5H2,(H,12,13). The van der Waals surface area contributed by atoms with Crippen molar-refractivity contribution in [2.24, 2.45) is 0 Å². The molecule has 2 heterocycles. The largest absolute Gasteiger partial charge is 0.375 e. The molecule has 0 fully saturated rings. The van der Waals surface area contributed by atoms with Gasteiger partial charge in [0.15, 0.2) is 5.15 Å². The van der Waals surface area contributed by atoms with Crippen molar-refractivity contribution in [2.75, 3.05) is 5.32 Å². The second kappa shape index (κ2) is 4.63. The Hall–Kier alpha value is -1.07. The predicted octanol–water partition coefficient (Wildman–Crippen LogP) is 2.83. The third-order valence-corrected chi connectivity index (χ3v) is 2.54. The van der Waals surface area contributed by atoms with E-state index in [1.165, 1.54) is 0 Å². The molecule has 78 valence electrons. The van der Waals surface area contributed by atoms with E-state index in [1.807, 2.05) is 6.07 Å². The molecule has 0 amide bonds. The fourth-order valence-electron chi connectivity index (χ4n) is 1.12. The summed E-state index contributed by atoms with van der Waals surface area (Å²) in [6.07, 6.45) is 5.13. The van der Waals surface area contributed by atoms with Gasteiger partial charge in [0.1, 0.15) is 5.82 Å².